The van der Waals surface area contributed by atoms with Crippen molar-refractivity contribution >= 4 is 16.0 Å². The summed E-state index contributed by atoms with van der Waals surface area (Å²) >= 11 is 0. The Hall–Kier alpha value is -0.820. The van der Waals surface area contributed by atoms with Crippen LogP contribution in [0.25, 0.3) is 0 Å². The Labute approximate surface area is 166 Å². The molecule has 1 aromatic heterocycles. The van der Waals surface area contributed by atoms with Crippen LogP contribution >= 0.6 is 10.7 Å². The first-order valence-electron chi connectivity index (χ1n) is 10.0. The second-order valence-corrected chi connectivity index (χ2v) is 10.2. The van der Waals surface area contributed by atoms with E-state index in [-0.39, 0.29) is 16.2 Å². The standard InChI is InChI=1S/C21H36FN3OS/c1-5-27(4)25-19-8-6-16(7-9-19)10-11-21(2,3)24-15-20(26)17-12-18(22)14-23-13-17/h5,12-14,16,19-20,24-26H,6-11,15H2,1-4H3/t16?,19?,20-,27?/m0/s1. The average Bonchev–Trinajstić information content (AvgIpc) is 2.65. The summed E-state index contributed by atoms with van der Waals surface area (Å²) in [7, 11) is 0.235. The second-order valence-electron chi connectivity index (χ2n) is 8.38. The number of pyridine rings is 1. The van der Waals surface area contributed by atoms with E-state index in [1.165, 1.54) is 44.4 Å². The SMILES string of the molecule is CC=S(C)NC1CCC(CCC(C)(C)NC[C@H](O)c2cncc(F)c2)CC1. The fraction of sp³-hybridized carbons (Fsp3) is 0.714. The van der Waals surface area contributed by atoms with E-state index < -0.39 is 11.9 Å². The van der Waals surface area contributed by atoms with Gasteiger partial charge in [-0.15, -0.1) is 10.7 Å². The van der Waals surface area contributed by atoms with Crippen LogP contribution in [0.2, 0.25) is 0 Å². The smallest absolute Gasteiger partial charge is 0.141 e. The maximum absolute atomic E-state index is 13.2. The zero-order valence-corrected chi connectivity index (χ0v) is 18.0. The van der Waals surface area contributed by atoms with Crippen molar-refractivity contribution in [1.82, 2.24) is 15.0 Å². The first-order valence-corrected chi connectivity index (χ1v) is 11.7. The summed E-state index contributed by atoms with van der Waals surface area (Å²) in [5, 5.41) is 16.0. The lowest BCUT2D eigenvalue weighted by molar-refractivity contribution is 0.155. The van der Waals surface area contributed by atoms with Gasteiger partial charge in [0.2, 0.25) is 0 Å². The van der Waals surface area contributed by atoms with Gasteiger partial charge < -0.3 is 10.4 Å². The van der Waals surface area contributed by atoms with Gasteiger partial charge in [0.15, 0.2) is 0 Å². The summed E-state index contributed by atoms with van der Waals surface area (Å²) < 4.78 is 17.0. The lowest BCUT2D eigenvalue weighted by Gasteiger charge is -2.33. The van der Waals surface area contributed by atoms with Gasteiger partial charge in [-0.05, 0) is 77.5 Å². The van der Waals surface area contributed by atoms with Crippen molar-refractivity contribution in [3.05, 3.63) is 29.8 Å². The molecule has 27 heavy (non-hydrogen) atoms. The first kappa shape index (κ1) is 22.5. The Balaban J connectivity index is 1.70. The van der Waals surface area contributed by atoms with Crippen molar-refractivity contribution in [2.45, 2.75) is 77.0 Å². The van der Waals surface area contributed by atoms with Gasteiger partial charge in [-0.25, -0.2) is 4.39 Å². The maximum atomic E-state index is 13.2. The first-order chi connectivity index (χ1) is 12.8. The predicted molar refractivity (Wildman–Crippen MR) is 115 cm³/mol. The topological polar surface area (TPSA) is 57.2 Å². The molecule has 2 rings (SSSR count). The number of nitrogens with one attached hydrogen (secondary N) is 2. The number of aliphatic hydroxyl groups is 1. The molecule has 3 N–H and O–H groups in total. The zero-order chi connectivity index (χ0) is 19.9. The molecule has 6 heteroatoms. The number of aromatic nitrogens is 1. The van der Waals surface area contributed by atoms with Crippen LogP contribution in [-0.4, -0.2) is 39.8 Å². The van der Waals surface area contributed by atoms with Gasteiger partial charge in [0.1, 0.15) is 5.82 Å². The predicted octanol–water partition coefficient (Wildman–Crippen LogP) is 4.19. The summed E-state index contributed by atoms with van der Waals surface area (Å²) in [5.41, 5.74) is 0.465. The molecule has 1 aliphatic rings. The highest BCUT2D eigenvalue weighted by atomic mass is 32.2. The minimum atomic E-state index is -0.743. The molecule has 0 aliphatic heterocycles. The molecule has 0 aromatic carbocycles. The van der Waals surface area contributed by atoms with Crippen molar-refractivity contribution in [2.24, 2.45) is 5.92 Å². The monoisotopic (exact) mass is 397 g/mol. The third-order valence-corrected chi connectivity index (χ3v) is 7.03. The average molecular weight is 398 g/mol. The van der Waals surface area contributed by atoms with Gasteiger partial charge in [0, 0.05) is 29.9 Å². The zero-order valence-electron chi connectivity index (χ0n) is 17.2. The molecule has 4 nitrogen and oxygen atoms in total. The Morgan fingerprint density at radius 1 is 1.33 bits per heavy atom. The van der Waals surface area contributed by atoms with E-state index in [2.05, 4.69) is 47.4 Å². The van der Waals surface area contributed by atoms with Crippen LogP contribution in [0.3, 0.4) is 0 Å². The second kappa shape index (κ2) is 10.6. The molecule has 1 aliphatic carbocycles. The summed E-state index contributed by atoms with van der Waals surface area (Å²) in [6.07, 6.45) is 11.6. The van der Waals surface area contributed by atoms with E-state index >= 15 is 0 Å². The molecule has 2 atom stereocenters. The van der Waals surface area contributed by atoms with Gasteiger partial charge in [0.25, 0.3) is 0 Å². The minimum absolute atomic E-state index is 0.0517. The Kier molecular flexibility index (Phi) is 8.86. The number of hydrogen-bond acceptors (Lipinski definition) is 4. The largest absolute Gasteiger partial charge is 0.387 e. The van der Waals surface area contributed by atoms with Crippen molar-refractivity contribution in [3.8, 4) is 0 Å². The highest BCUT2D eigenvalue weighted by Crippen LogP contribution is 2.31. The minimum Gasteiger partial charge on any atom is -0.387 e. The van der Waals surface area contributed by atoms with Crippen LogP contribution in [0.5, 0.6) is 0 Å². The van der Waals surface area contributed by atoms with Crippen molar-refractivity contribution in [1.29, 1.82) is 0 Å². The van der Waals surface area contributed by atoms with Crippen LogP contribution in [0.4, 0.5) is 4.39 Å². The molecule has 0 spiro atoms. The molecule has 1 aromatic rings. The van der Waals surface area contributed by atoms with E-state index in [0.717, 1.165) is 18.5 Å². The number of nitrogens with zero attached hydrogens (tertiary/aromatic N) is 1. The summed E-state index contributed by atoms with van der Waals surface area (Å²) in [5.74, 6) is 0.383. The van der Waals surface area contributed by atoms with E-state index in [4.69, 9.17) is 0 Å². The van der Waals surface area contributed by atoms with Crippen molar-refractivity contribution < 1.29 is 9.50 Å². The van der Waals surface area contributed by atoms with Gasteiger partial charge in [-0.2, -0.15) is 0 Å². The number of rotatable bonds is 9. The van der Waals surface area contributed by atoms with Crippen LogP contribution in [0.1, 0.15) is 71.0 Å². The quantitative estimate of drug-likeness (QED) is 0.547. The Morgan fingerprint density at radius 2 is 2.04 bits per heavy atom. The summed E-state index contributed by atoms with van der Waals surface area (Å²) in [4.78, 5) is 3.81. The number of aliphatic hydroxyl groups excluding tert-OH is 1. The van der Waals surface area contributed by atoms with E-state index in [1.807, 2.05) is 0 Å². The number of halogens is 1. The maximum Gasteiger partial charge on any atom is 0.141 e. The lowest BCUT2D eigenvalue weighted by atomic mass is 9.81. The van der Waals surface area contributed by atoms with Gasteiger partial charge in [-0.1, -0.05) is 5.37 Å². The van der Waals surface area contributed by atoms with Gasteiger partial charge in [-0.3, -0.25) is 9.71 Å². The van der Waals surface area contributed by atoms with Crippen LogP contribution < -0.4 is 10.0 Å². The number of hydrogen-bond donors (Lipinski definition) is 3. The molecule has 0 radical (unpaired) electrons. The molecule has 0 bridgehead atoms. The fourth-order valence-corrected chi connectivity index (χ4v) is 4.55. The van der Waals surface area contributed by atoms with Crippen molar-refractivity contribution in [2.75, 3.05) is 12.8 Å². The molecule has 1 unspecified atom stereocenters. The highest BCUT2D eigenvalue weighted by molar-refractivity contribution is 8.12. The van der Waals surface area contributed by atoms with E-state index in [9.17, 15) is 9.50 Å². The van der Waals surface area contributed by atoms with Crippen LogP contribution in [0, 0.1) is 11.7 Å². The molecule has 1 heterocycles. The van der Waals surface area contributed by atoms with Crippen molar-refractivity contribution in [3.63, 3.8) is 0 Å². The number of β-amino-alcohol motifs (C(OH)–C–C–N with tert-alkyl or cyclic N) is 1. The molecule has 0 amide bonds. The Morgan fingerprint density at radius 3 is 2.67 bits per heavy atom. The summed E-state index contributed by atoms with van der Waals surface area (Å²) in [6, 6.07) is 2.02. The lowest BCUT2D eigenvalue weighted by Crippen LogP contribution is -2.42. The van der Waals surface area contributed by atoms with Crippen LogP contribution in [0.15, 0.2) is 18.5 Å². The molecule has 1 saturated carbocycles. The van der Waals surface area contributed by atoms with E-state index in [0.29, 0.717) is 18.2 Å². The Bertz CT molecular complexity index is 615. The third kappa shape index (κ3) is 7.98. The fourth-order valence-electron chi connectivity index (χ4n) is 3.65. The van der Waals surface area contributed by atoms with E-state index in [1.54, 1.807) is 0 Å². The van der Waals surface area contributed by atoms with Crippen LogP contribution in [-0.2, 0) is 0 Å². The van der Waals surface area contributed by atoms with Gasteiger partial charge in [0.05, 0.1) is 12.3 Å². The van der Waals surface area contributed by atoms with Gasteiger partial charge >= 0.3 is 0 Å². The highest BCUT2D eigenvalue weighted by Gasteiger charge is 2.25. The molecular formula is C21H36FN3OS. The molecule has 1 fully saturated rings. The molecular weight excluding hydrogens is 361 g/mol. The normalized spacial score (nSPS) is 23.3. The molecule has 0 saturated heterocycles. The third-order valence-electron chi connectivity index (χ3n) is 5.62. The molecule has 154 valence electrons. The summed E-state index contributed by atoms with van der Waals surface area (Å²) in [6.45, 7) is 6.88.